The quantitative estimate of drug-likeness (QED) is 0.639. The largest absolute Gasteiger partial charge is 0.238 e. The van der Waals surface area contributed by atoms with Crippen LogP contribution >= 0.6 is 0 Å². The van der Waals surface area contributed by atoms with Crippen molar-refractivity contribution in [2.24, 2.45) is 0 Å². The van der Waals surface area contributed by atoms with Crippen molar-refractivity contribution < 1.29 is 0 Å². The van der Waals surface area contributed by atoms with Gasteiger partial charge in [0.1, 0.15) is 0 Å². The molecule has 0 atom stereocenters. The third-order valence-electron chi connectivity index (χ3n) is 1.81. The zero-order valence-electron chi connectivity index (χ0n) is 7.23. The van der Waals surface area contributed by atoms with E-state index in [4.69, 9.17) is 0 Å². The number of hydrogen-bond acceptors (Lipinski definition) is 2. The summed E-state index contributed by atoms with van der Waals surface area (Å²) in [6.07, 6.45) is 3.78. The lowest BCUT2D eigenvalue weighted by atomic mass is 10.2. The van der Waals surface area contributed by atoms with Gasteiger partial charge in [0, 0.05) is 12.1 Å². The minimum absolute atomic E-state index is 0.386. The van der Waals surface area contributed by atoms with E-state index in [1.165, 1.54) is 0 Å². The molecule has 3 nitrogen and oxygen atoms in total. The predicted octanol–water partition coefficient (Wildman–Crippen LogP) is 1.85. The first-order valence-corrected chi connectivity index (χ1v) is 4.07. The van der Waals surface area contributed by atoms with Crippen LogP contribution in [0.1, 0.15) is 25.6 Å². The Kier molecular flexibility index (Phi) is 1.57. The van der Waals surface area contributed by atoms with E-state index in [0.717, 1.165) is 11.3 Å². The number of nitrogens with zero attached hydrogens (tertiary/aromatic N) is 3. The summed E-state index contributed by atoms with van der Waals surface area (Å²) in [6, 6.07) is 3.96. The summed E-state index contributed by atoms with van der Waals surface area (Å²) in [5, 5.41) is 4.34. The summed E-state index contributed by atoms with van der Waals surface area (Å²) < 4.78 is 1.85. The first-order chi connectivity index (χ1) is 5.77. The van der Waals surface area contributed by atoms with Crippen molar-refractivity contribution in [1.29, 1.82) is 0 Å². The van der Waals surface area contributed by atoms with Gasteiger partial charge in [0.25, 0.3) is 0 Å². The lowest BCUT2D eigenvalue weighted by molar-refractivity contribution is 0.720. The van der Waals surface area contributed by atoms with E-state index < -0.39 is 0 Å². The van der Waals surface area contributed by atoms with Crippen molar-refractivity contribution in [3.63, 3.8) is 0 Å². The van der Waals surface area contributed by atoms with Gasteiger partial charge in [-0.3, -0.25) is 0 Å². The van der Waals surface area contributed by atoms with Crippen molar-refractivity contribution >= 4 is 5.52 Å². The van der Waals surface area contributed by atoms with Gasteiger partial charge in [0.05, 0.1) is 11.7 Å². The maximum Gasteiger partial charge on any atom is 0.151 e. The molecule has 0 spiro atoms. The fraction of sp³-hybridized carbons (Fsp3) is 0.333. The van der Waals surface area contributed by atoms with Crippen LogP contribution in [0.25, 0.3) is 5.52 Å². The zero-order valence-corrected chi connectivity index (χ0v) is 7.23. The highest BCUT2D eigenvalue weighted by atomic mass is 15.2. The minimum atomic E-state index is 0.386. The van der Waals surface area contributed by atoms with Crippen molar-refractivity contribution in [2.75, 3.05) is 0 Å². The Labute approximate surface area is 71.1 Å². The van der Waals surface area contributed by atoms with E-state index in [9.17, 15) is 0 Å². The maximum atomic E-state index is 4.34. The van der Waals surface area contributed by atoms with Crippen molar-refractivity contribution in [1.82, 2.24) is 14.6 Å². The van der Waals surface area contributed by atoms with Gasteiger partial charge in [-0.2, -0.15) is 5.10 Å². The Morgan fingerprint density at radius 1 is 1.42 bits per heavy atom. The average Bonchev–Trinajstić information content (AvgIpc) is 2.49. The molecule has 2 rings (SSSR count). The monoisotopic (exact) mass is 161 g/mol. The van der Waals surface area contributed by atoms with E-state index in [1.807, 2.05) is 29.0 Å². The molecule has 0 N–H and O–H groups in total. The summed E-state index contributed by atoms with van der Waals surface area (Å²) in [5.74, 6) is 1.27. The molecule has 2 heterocycles. The van der Waals surface area contributed by atoms with Crippen LogP contribution < -0.4 is 0 Å². The summed E-state index contributed by atoms with van der Waals surface area (Å²) >= 11 is 0. The predicted molar refractivity (Wildman–Crippen MR) is 47.1 cm³/mol. The lowest BCUT2D eigenvalue weighted by Crippen LogP contribution is -2.01. The third kappa shape index (κ3) is 1.07. The molecule has 0 saturated carbocycles. The highest BCUT2D eigenvalue weighted by molar-refractivity contribution is 5.43. The fourth-order valence-corrected chi connectivity index (χ4v) is 1.11. The number of aromatic nitrogens is 3. The van der Waals surface area contributed by atoms with Gasteiger partial charge in [-0.1, -0.05) is 13.8 Å². The fourth-order valence-electron chi connectivity index (χ4n) is 1.11. The number of rotatable bonds is 1. The van der Waals surface area contributed by atoms with E-state index in [0.29, 0.717) is 5.92 Å². The molecule has 0 fully saturated rings. The number of fused-ring (bicyclic) bond motifs is 1. The Hall–Kier alpha value is -1.38. The van der Waals surface area contributed by atoms with Crippen LogP contribution in [0.2, 0.25) is 0 Å². The van der Waals surface area contributed by atoms with Gasteiger partial charge in [-0.05, 0) is 12.1 Å². The second kappa shape index (κ2) is 2.59. The highest BCUT2D eigenvalue weighted by Gasteiger charge is 2.02. The third-order valence-corrected chi connectivity index (χ3v) is 1.81. The smallest absolute Gasteiger partial charge is 0.151 e. The van der Waals surface area contributed by atoms with Crippen LogP contribution in [0.3, 0.4) is 0 Å². The number of hydrogen-bond donors (Lipinski definition) is 0. The van der Waals surface area contributed by atoms with Crippen LogP contribution in [-0.2, 0) is 0 Å². The molecule has 2 aromatic rings. The topological polar surface area (TPSA) is 30.2 Å². The molecular weight excluding hydrogens is 150 g/mol. The lowest BCUT2D eigenvalue weighted by Gasteiger charge is -2.02. The van der Waals surface area contributed by atoms with Gasteiger partial charge in [0.15, 0.2) is 5.82 Å². The van der Waals surface area contributed by atoms with E-state index in [-0.39, 0.29) is 0 Å². The molecule has 0 aliphatic heterocycles. The van der Waals surface area contributed by atoms with Crippen LogP contribution in [-0.4, -0.2) is 14.6 Å². The molecule has 0 aliphatic carbocycles. The molecule has 0 amide bonds. The summed E-state index contributed by atoms with van der Waals surface area (Å²) in [4.78, 5) is 4.25. The van der Waals surface area contributed by atoms with Gasteiger partial charge in [0.2, 0.25) is 0 Å². The second-order valence-corrected chi connectivity index (χ2v) is 3.15. The molecule has 0 aliphatic rings. The van der Waals surface area contributed by atoms with Crippen LogP contribution in [0.5, 0.6) is 0 Å². The van der Waals surface area contributed by atoms with Gasteiger partial charge >= 0.3 is 0 Å². The molecule has 0 unspecified atom stereocenters. The van der Waals surface area contributed by atoms with Gasteiger partial charge in [-0.15, -0.1) is 0 Å². The van der Waals surface area contributed by atoms with E-state index >= 15 is 0 Å². The normalized spacial score (nSPS) is 11.2. The molecular formula is C9H11N3. The Morgan fingerprint density at radius 2 is 2.25 bits per heavy atom. The first-order valence-electron chi connectivity index (χ1n) is 4.07. The molecule has 0 radical (unpaired) electrons. The summed E-state index contributed by atoms with van der Waals surface area (Å²) in [7, 11) is 0. The van der Waals surface area contributed by atoms with Crippen molar-refractivity contribution in [2.45, 2.75) is 19.8 Å². The molecule has 62 valence electrons. The molecule has 0 bridgehead atoms. The van der Waals surface area contributed by atoms with Crippen molar-refractivity contribution in [3.8, 4) is 0 Å². The Morgan fingerprint density at radius 3 is 3.00 bits per heavy atom. The molecule has 3 heteroatoms. The first kappa shape index (κ1) is 7.28. The van der Waals surface area contributed by atoms with E-state index in [1.54, 1.807) is 0 Å². The zero-order chi connectivity index (χ0) is 8.55. The molecule has 2 aromatic heterocycles. The Bertz CT molecular complexity index is 389. The second-order valence-electron chi connectivity index (χ2n) is 3.15. The van der Waals surface area contributed by atoms with Crippen LogP contribution in [0.4, 0.5) is 0 Å². The molecule has 0 saturated heterocycles. The Balaban J connectivity index is 2.60. The maximum absolute atomic E-state index is 4.34. The summed E-state index contributed by atoms with van der Waals surface area (Å²) in [6.45, 7) is 4.18. The standard InChI is InChI=1S/C9H11N3/c1-7(2)9-10-6-8-4-3-5-12(8)11-9/h3-7H,1-2H3. The van der Waals surface area contributed by atoms with Crippen molar-refractivity contribution in [3.05, 3.63) is 30.4 Å². The van der Waals surface area contributed by atoms with Gasteiger partial charge < -0.3 is 0 Å². The highest BCUT2D eigenvalue weighted by Crippen LogP contribution is 2.08. The molecule has 0 aromatic carbocycles. The molecule has 12 heavy (non-hydrogen) atoms. The summed E-state index contributed by atoms with van der Waals surface area (Å²) in [5.41, 5.74) is 1.04. The van der Waals surface area contributed by atoms with Crippen LogP contribution in [0, 0.1) is 0 Å². The van der Waals surface area contributed by atoms with Crippen LogP contribution in [0.15, 0.2) is 24.5 Å². The minimum Gasteiger partial charge on any atom is -0.238 e. The SMILES string of the molecule is CC(C)c1ncc2cccn2n1. The van der Waals surface area contributed by atoms with E-state index in [2.05, 4.69) is 23.9 Å². The average molecular weight is 161 g/mol. The van der Waals surface area contributed by atoms with Gasteiger partial charge in [-0.25, -0.2) is 9.50 Å².